The van der Waals surface area contributed by atoms with Gasteiger partial charge in [0.25, 0.3) is 0 Å². The predicted molar refractivity (Wildman–Crippen MR) is 207 cm³/mol. The van der Waals surface area contributed by atoms with Crippen molar-refractivity contribution in [2.45, 2.75) is 104 Å². The fourth-order valence-corrected chi connectivity index (χ4v) is 5.28. The van der Waals surface area contributed by atoms with E-state index in [2.05, 4.69) is 26.6 Å². The van der Waals surface area contributed by atoms with Crippen molar-refractivity contribution in [1.82, 2.24) is 10.6 Å². The van der Waals surface area contributed by atoms with Crippen molar-refractivity contribution in [2.24, 2.45) is 0 Å². The SMILES string of the molecule is CCOC(=O)C[C@@H](Cc1ccc(-c2cccc(Cl)c2)cc1)NC(=O)OC(C)(C)C.CCOC(=O)C[C@@H](Cc1ccc(Br)cc1)NC(=O)OC(C)(C)C. The lowest BCUT2D eigenvalue weighted by Crippen LogP contribution is -2.41. The van der Waals surface area contributed by atoms with Crippen LogP contribution in [0.3, 0.4) is 0 Å². The van der Waals surface area contributed by atoms with Gasteiger partial charge in [0.05, 0.1) is 26.1 Å². The van der Waals surface area contributed by atoms with E-state index in [9.17, 15) is 19.2 Å². The first-order chi connectivity index (χ1) is 24.3. The highest BCUT2D eigenvalue weighted by atomic mass is 79.9. The molecule has 0 radical (unpaired) electrons. The maximum Gasteiger partial charge on any atom is 0.407 e. The van der Waals surface area contributed by atoms with Gasteiger partial charge in [-0.1, -0.05) is 76.1 Å². The Bertz CT molecular complexity index is 1580. The summed E-state index contributed by atoms with van der Waals surface area (Å²) >= 11 is 9.45. The van der Waals surface area contributed by atoms with E-state index in [0.29, 0.717) is 31.1 Å². The number of carbonyl (C=O) groups is 4. The van der Waals surface area contributed by atoms with Crippen LogP contribution in [0.2, 0.25) is 5.02 Å². The van der Waals surface area contributed by atoms with Crippen molar-refractivity contribution in [2.75, 3.05) is 13.2 Å². The predicted octanol–water partition coefficient (Wildman–Crippen LogP) is 9.23. The van der Waals surface area contributed by atoms with E-state index >= 15 is 0 Å². The van der Waals surface area contributed by atoms with Gasteiger partial charge >= 0.3 is 24.1 Å². The number of carbonyl (C=O) groups excluding carboxylic acids is 4. The van der Waals surface area contributed by atoms with Gasteiger partial charge in [-0.2, -0.15) is 0 Å². The topological polar surface area (TPSA) is 129 Å². The Kier molecular flexibility index (Phi) is 18.2. The average molecular weight is 804 g/mol. The number of hydrogen-bond donors (Lipinski definition) is 2. The van der Waals surface area contributed by atoms with Crippen LogP contribution in [0.5, 0.6) is 0 Å². The lowest BCUT2D eigenvalue weighted by Gasteiger charge is -2.23. The number of halogens is 2. The van der Waals surface area contributed by atoms with E-state index < -0.39 is 29.4 Å². The van der Waals surface area contributed by atoms with E-state index in [1.807, 2.05) is 72.8 Å². The van der Waals surface area contributed by atoms with Gasteiger partial charge in [-0.15, -0.1) is 0 Å². The molecule has 0 aliphatic rings. The molecule has 0 heterocycles. The van der Waals surface area contributed by atoms with E-state index in [4.69, 9.17) is 30.5 Å². The van der Waals surface area contributed by atoms with Crippen molar-refractivity contribution in [3.8, 4) is 11.1 Å². The zero-order valence-corrected chi connectivity index (χ0v) is 33.7. The number of amides is 2. The van der Waals surface area contributed by atoms with E-state index in [1.165, 1.54) is 0 Å². The van der Waals surface area contributed by atoms with Gasteiger partial charge in [0.1, 0.15) is 11.2 Å². The molecule has 10 nitrogen and oxygen atoms in total. The normalized spacial score (nSPS) is 12.3. The van der Waals surface area contributed by atoms with Crippen molar-refractivity contribution in [1.29, 1.82) is 0 Å². The fourth-order valence-electron chi connectivity index (χ4n) is 4.83. The number of esters is 2. The molecule has 0 fully saturated rings. The van der Waals surface area contributed by atoms with Crippen LogP contribution in [0.15, 0.2) is 77.3 Å². The van der Waals surface area contributed by atoms with Crippen LogP contribution < -0.4 is 10.6 Å². The zero-order valence-electron chi connectivity index (χ0n) is 31.3. The molecule has 0 saturated heterocycles. The van der Waals surface area contributed by atoms with Crippen LogP contribution in [-0.4, -0.2) is 60.6 Å². The Morgan fingerprint density at radius 3 is 1.46 bits per heavy atom. The second-order valence-corrected chi connectivity index (χ2v) is 15.3. The molecule has 0 aliphatic heterocycles. The van der Waals surface area contributed by atoms with Gasteiger partial charge in [-0.25, -0.2) is 9.59 Å². The molecule has 0 aromatic heterocycles. The summed E-state index contributed by atoms with van der Waals surface area (Å²) in [5, 5.41) is 6.22. The molecule has 3 aromatic carbocycles. The summed E-state index contributed by atoms with van der Waals surface area (Å²) in [4.78, 5) is 47.8. The van der Waals surface area contributed by atoms with Crippen LogP contribution in [0.1, 0.15) is 79.4 Å². The molecule has 284 valence electrons. The first kappa shape index (κ1) is 44.1. The van der Waals surface area contributed by atoms with E-state index in [1.54, 1.807) is 55.4 Å². The molecule has 12 heteroatoms. The van der Waals surface area contributed by atoms with Gasteiger partial charge in [-0.3, -0.25) is 9.59 Å². The van der Waals surface area contributed by atoms with Crippen LogP contribution >= 0.6 is 27.5 Å². The Hall–Kier alpha value is -4.09. The molecule has 3 rings (SSSR count). The fraction of sp³-hybridized carbons (Fsp3) is 0.450. The number of benzene rings is 3. The summed E-state index contributed by atoms with van der Waals surface area (Å²) in [5.41, 5.74) is 2.87. The third-order valence-corrected chi connectivity index (χ3v) is 7.63. The minimum atomic E-state index is -0.614. The minimum Gasteiger partial charge on any atom is -0.466 e. The maximum atomic E-state index is 12.2. The Morgan fingerprint density at radius 2 is 1.08 bits per heavy atom. The third-order valence-electron chi connectivity index (χ3n) is 6.87. The standard InChI is InChI=1S/C23H28ClNO4.C17H24BrNO4/c1-5-28-21(26)15-20(25-22(27)29-23(2,3)4)13-16-9-11-17(12-10-16)18-7-6-8-19(24)14-18;1-5-22-15(20)11-14(19-16(21)23-17(2,3)4)10-12-6-8-13(18)9-7-12/h6-12,14,20H,5,13,15H2,1-4H3,(H,25,27);6-9,14H,5,10-11H2,1-4H3,(H,19,21)/t20-;14-/m11/s1. The van der Waals surface area contributed by atoms with Gasteiger partial charge in [0.2, 0.25) is 0 Å². The van der Waals surface area contributed by atoms with E-state index in [0.717, 1.165) is 26.7 Å². The zero-order chi connectivity index (χ0) is 38.9. The molecular formula is C40H52BrClN2O8. The molecule has 0 aliphatic carbocycles. The third kappa shape index (κ3) is 18.9. The number of hydrogen-bond acceptors (Lipinski definition) is 8. The van der Waals surface area contributed by atoms with Gasteiger partial charge in [0.15, 0.2) is 0 Å². The van der Waals surface area contributed by atoms with Crippen LogP contribution in [0.25, 0.3) is 11.1 Å². The Labute approximate surface area is 321 Å². The molecule has 0 saturated carbocycles. The van der Waals surface area contributed by atoms with Gasteiger partial charge in [0, 0.05) is 21.6 Å². The highest BCUT2D eigenvalue weighted by Crippen LogP contribution is 2.24. The Balaban J connectivity index is 0.000000371. The van der Waals surface area contributed by atoms with Crippen LogP contribution in [0.4, 0.5) is 9.59 Å². The summed E-state index contributed by atoms with van der Waals surface area (Å²) in [6, 6.07) is 22.5. The molecule has 0 unspecified atom stereocenters. The van der Waals surface area contributed by atoms with Crippen molar-refractivity contribution in [3.05, 3.63) is 93.4 Å². The summed E-state index contributed by atoms with van der Waals surface area (Å²) < 4.78 is 21.6. The number of alkyl carbamates (subject to hydrolysis) is 2. The van der Waals surface area contributed by atoms with Crippen molar-refractivity contribution in [3.63, 3.8) is 0 Å². The number of ether oxygens (including phenoxy) is 4. The summed E-state index contributed by atoms with van der Waals surface area (Å²) in [6.07, 6.45) is 0.0807. The molecule has 3 aromatic rings. The first-order valence-corrected chi connectivity index (χ1v) is 18.4. The minimum absolute atomic E-state index is 0.0725. The summed E-state index contributed by atoms with van der Waals surface area (Å²) in [7, 11) is 0. The highest BCUT2D eigenvalue weighted by molar-refractivity contribution is 9.10. The number of rotatable bonds is 13. The molecule has 2 atom stereocenters. The molecule has 0 spiro atoms. The largest absolute Gasteiger partial charge is 0.466 e. The van der Waals surface area contributed by atoms with Crippen molar-refractivity contribution >= 4 is 51.7 Å². The van der Waals surface area contributed by atoms with Gasteiger partial charge in [-0.05, 0) is 115 Å². The molecule has 52 heavy (non-hydrogen) atoms. The molecule has 0 bridgehead atoms. The lowest BCUT2D eigenvalue weighted by molar-refractivity contribution is -0.144. The average Bonchev–Trinajstić information content (AvgIpc) is 3.01. The highest BCUT2D eigenvalue weighted by Gasteiger charge is 2.24. The molecule has 2 N–H and O–H groups in total. The van der Waals surface area contributed by atoms with Crippen LogP contribution in [0, 0.1) is 0 Å². The second-order valence-electron chi connectivity index (χ2n) is 13.9. The quantitative estimate of drug-likeness (QED) is 0.129. The number of nitrogens with one attached hydrogen (secondary N) is 2. The monoisotopic (exact) mass is 802 g/mol. The second kappa shape index (κ2) is 21.4. The van der Waals surface area contributed by atoms with Gasteiger partial charge < -0.3 is 29.6 Å². The summed E-state index contributed by atoms with van der Waals surface area (Å²) in [6.45, 7) is 14.9. The van der Waals surface area contributed by atoms with Crippen LogP contribution in [-0.2, 0) is 41.4 Å². The van der Waals surface area contributed by atoms with E-state index in [-0.39, 0.29) is 30.8 Å². The maximum absolute atomic E-state index is 12.2. The van der Waals surface area contributed by atoms with Crippen molar-refractivity contribution < 1.29 is 38.1 Å². The summed E-state index contributed by atoms with van der Waals surface area (Å²) in [5.74, 6) is -0.699. The smallest absolute Gasteiger partial charge is 0.407 e. The Morgan fingerprint density at radius 1 is 0.654 bits per heavy atom. The molecule has 2 amide bonds. The first-order valence-electron chi connectivity index (χ1n) is 17.2. The molecular weight excluding hydrogens is 752 g/mol. The lowest BCUT2D eigenvalue weighted by atomic mass is 9.99.